The zero-order valence-electron chi connectivity index (χ0n) is 12.5. The second-order valence-electron chi connectivity index (χ2n) is 4.76. The first kappa shape index (κ1) is 18.6. The fraction of sp³-hybridized carbons (Fsp3) is 0.571. The highest BCUT2D eigenvalue weighted by molar-refractivity contribution is 6.52. The lowest BCUT2D eigenvalue weighted by atomic mass is 10.4. The van der Waals surface area contributed by atoms with Gasteiger partial charge >= 0.3 is 11.9 Å². The van der Waals surface area contributed by atoms with Gasteiger partial charge < -0.3 is 14.3 Å². The molecule has 1 N–H and O–H groups in total. The number of carbonyl (C=O) groups is 2. The Labute approximate surface area is 122 Å². The summed E-state index contributed by atoms with van der Waals surface area (Å²) in [7, 11) is -2.20. The van der Waals surface area contributed by atoms with Crippen molar-refractivity contribution in [2.45, 2.75) is 45.4 Å². The molecule has 5 nitrogen and oxygen atoms in total. The number of ether oxygens (including phenoxy) is 2. The van der Waals surface area contributed by atoms with Gasteiger partial charge in [-0.05, 0) is 32.7 Å². The van der Waals surface area contributed by atoms with Crippen molar-refractivity contribution in [1.29, 1.82) is 0 Å². The average Bonchev–Trinajstić information content (AvgIpc) is 2.39. The van der Waals surface area contributed by atoms with Crippen LogP contribution >= 0.6 is 0 Å². The fourth-order valence-corrected chi connectivity index (χ4v) is 3.22. The number of esters is 2. The van der Waals surface area contributed by atoms with E-state index in [0.29, 0.717) is 30.0 Å². The maximum absolute atomic E-state index is 11.4. The molecule has 0 saturated heterocycles. The van der Waals surface area contributed by atoms with E-state index in [1.165, 1.54) is 0 Å². The van der Waals surface area contributed by atoms with Crippen molar-refractivity contribution in [3.05, 3.63) is 24.3 Å². The summed E-state index contributed by atoms with van der Waals surface area (Å²) in [4.78, 5) is 32.7. The average molecular weight is 300 g/mol. The topological polar surface area (TPSA) is 72.8 Å². The lowest BCUT2D eigenvalue weighted by Crippen LogP contribution is -2.35. The molecular formula is C14H24O5Si. The molecule has 2 unspecified atom stereocenters. The Morgan fingerprint density at radius 1 is 1.20 bits per heavy atom. The van der Waals surface area contributed by atoms with Gasteiger partial charge in [-0.25, -0.2) is 9.59 Å². The SMILES string of the molecule is C=C(C)C(=O)OCCC[SiH](O)C(CC)OC(=O)C(=C)C. The standard InChI is InChI=1S/C14H24O5Si/c1-6-12(19-14(16)11(4)5)20(17)9-7-8-18-13(15)10(2)3/h12,17,20H,2,4,6-9H2,1,3,5H3. The lowest BCUT2D eigenvalue weighted by molar-refractivity contribution is -0.141. The highest BCUT2D eigenvalue weighted by atomic mass is 28.3. The summed E-state index contributed by atoms with van der Waals surface area (Å²) < 4.78 is 10.1. The van der Waals surface area contributed by atoms with Crippen LogP contribution in [0.4, 0.5) is 0 Å². The number of hydrogen-bond acceptors (Lipinski definition) is 5. The second-order valence-corrected chi connectivity index (χ2v) is 7.21. The van der Waals surface area contributed by atoms with Crippen LogP contribution in [0.5, 0.6) is 0 Å². The summed E-state index contributed by atoms with van der Waals surface area (Å²) in [5, 5.41) is 0. The predicted octanol–water partition coefficient (Wildman–Crippen LogP) is 1.65. The Morgan fingerprint density at radius 3 is 2.20 bits per heavy atom. The molecule has 0 saturated carbocycles. The highest BCUT2D eigenvalue weighted by Gasteiger charge is 2.23. The molecule has 0 amide bonds. The third kappa shape index (κ3) is 7.25. The van der Waals surface area contributed by atoms with E-state index in [2.05, 4.69) is 13.2 Å². The minimum absolute atomic E-state index is 0.237. The summed E-state index contributed by atoms with van der Waals surface area (Å²) in [5.41, 5.74) is 0.237. The molecule has 0 aromatic heterocycles. The monoisotopic (exact) mass is 300 g/mol. The van der Waals surface area contributed by atoms with Crippen LogP contribution in [0.15, 0.2) is 24.3 Å². The molecule has 0 radical (unpaired) electrons. The number of rotatable bonds is 9. The second kappa shape index (κ2) is 9.49. The minimum atomic E-state index is -2.20. The molecule has 0 aliphatic rings. The van der Waals surface area contributed by atoms with E-state index < -0.39 is 26.7 Å². The van der Waals surface area contributed by atoms with E-state index in [0.717, 1.165) is 0 Å². The zero-order valence-corrected chi connectivity index (χ0v) is 13.6. The smallest absolute Gasteiger partial charge is 0.333 e. The van der Waals surface area contributed by atoms with Gasteiger partial charge in [0, 0.05) is 11.1 Å². The first-order chi connectivity index (χ1) is 9.29. The Balaban J connectivity index is 4.07. The maximum Gasteiger partial charge on any atom is 0.333 e. The van der Waals surface area contributed by atoms with Crippen LogP contribution in [-0.2, 0) is 19.1 Å². The quantitative estimate of drug-likeness (QED) is 0.303. The first-order valence-corrected chi connectivity index (χ1v) is 8.66. The lowest BCUT2D eigenvalue weighted by Gasteiger charge is -2.20. The van der Waals surface area contributed by atoms with Gasteiger partial charge in [0.05, 0.1) is 6.61 Å². The van der Waals surface area contributed by atoms with Crippen molar-refractivity contribution >= 4 is 21.0 Å². The zero-order chi connectivity index (χ0) is 15.7. The molecule has 20 heavy (non-hydrogen) atoms. The minimum Gasteiger partial charge on any atom is -0.462 e. The van der Waals surface area contributed by atoms with E-state index in [1.807, 2.05) is 6.92 Å². The van der Waals surface area contributed by atoms with E-state index >= 15 is 0 Å². The molecule has 0 rings (SSSR count). The molecule has 0 heterocycles. The largest absolute Gasteiger partial charge is 0.462 e. The van der Waals surface area contributed by atoms with Gasteiger partial charge in [0.25, 0.3) is 0 Å². The molecule has 0 fully saturated rings. The third-order valence-corrected chi connectivity index (χ3v) is 5.13. The van der Waals surface area contributed by atoms with E-state index in [9.17, 15) is 14.4 Å². The molecule has 0 aromatic carbocycles. The molecule has 0 aromatic rings. The molecule has 0 aliphatic carbocycles. The predicted molar refractivity (Wildman–Crippen MR) is 79.5 cm³/mol. The summed E-state index contributed by atoms with van der Waals surface area (Å²) >= 11 is 0. The Morgan fingerprint density at radius 2 is 1.75 bits per heavy atom. The van der Waals surface area contributed by atoms with Crippen LogP contribution in [0.3, 0.4) is 0 Å². The van der Waals surface area contributed by atoms with Gasteiger partial charge in [-0.2, -0.15) is 0 Å². The number of hydrogen-bond donors (Lipinski definition) is 1. The van der Waals surface area contributed by atoms with Crippen LogP contribution in [-0.4, -0.2) is 38.1 Å². The molecule has 2 atom stereocenters. The Hall–Kier alpha value is -1.40. The van der Waals surface area contributed by atoms with Gasteiger partial charge in [-0.15, -0.1) is 0 Å². The van der Waals surface area contributed by atoms with Crippen molar-refractivity contribution in [2.75, 3.05) is 6.61 Å². The normalized spacial score (nSPS) is 13.2. The van der Waals surface area contributed by atoms with Gasteiger partial charge in [0.15, 0.2) is 0 Å². The van der Waals surface area contributed by atoms with Crippen molar-refractivity contribution in [2.24, 2.45) is 0 Å². The van der Waals surface area contributed by atoms with Gasteiger partial charge in [0.2, 0.25) is 9.04 Å². The van der Waals surface area contributed by atoms with Crippen LogP contribution < -0.4 is 0 Å². The van der Waals surface area contributed by atoms with Gasteiger partial charge in [-0.3, -0.25) is 0 Å². The van der Waals surface area contributed by atoms with Crippen molar-refractivity contribution in [1.82, 2.24) is 0 Å². The molecule has 6 heteroatoms. The third-order valence-electron chi connectivity index (χ3n) is 2.66. The Kier molecular flexibility index (Phi) is 8.83. The maximum atomic E-state index is 11.4. The Bertz CT molecular complexity index is 378. The van der Waals surface area contributed by atoms with Crippen molar-refractivity contribution in [3.8, 4) is 0 Å². The van der Waals surface area contributed by atoms with Crippen LogP contribution in [0.2, 0.25) is 6.04 Å². The summed E-state index contributed by atoms with van der Waals surface area (Å²) in [6.07, 6.45) is 1.12. The van der Waals surface area contributed by atoms with Gasteiger partial charge in [0.1, 0.15) is 5.73 Å². The van der Waals surface area contributed by atoms with Crippen LogP contribution in [0.1, 0.15) is 33.6 Å². The molecule has 0 aliphatic heterocycles. The van der Waals surface area contributed by atoms with Gasteiger partial charge in [-0.1, -0.05) is 20.1 Å². The van der Waals surface area contributed by atoms with E-state index in [4.69, 9.17) is 9.47 Å². The molecule has 0 bridgehead atoms. The van der Waals surface area contributed by atoms with E-state index in [-0.39, 0.29) is 6.61 Å². The molecule has 114 valence electrons. The fourth-order valence-electron chi connectivity index (χ4n) is 1.44. The highest BCUT2D eigenvalue weighted by Crippen LogP contribution is 2.10. The van der Waals surface area contributed by atoms with Crippen LogP contribution in [0, 0.1) is 0 Å². The number of carbonyl (C=O) groups excluding carboxylic acids is 2. The summed E-state index contributed by atoms with van der Waals surface area (Å²) in [6.45, 7) is 12.2. The van der Waals surface area contributed by atoms with E-state index in [1.54, 1.807) is 13.8 Å². The first-order valence-electron chi connectivity index (χ1n) is 6.66. The van der Waals surface area contributed by atoms with Crippen LogP contribution in [0.25, 0.3) is 0 Å². The molecule has 0 spiro atoms. The summed E-state index contributed by atoms with van der Waals surface area (Å²) in [6, 6.07) is 0.519. The molecular weight excluding hydrogens is 276 g/mol. The van der Waals surface area contributed by atoms with Crippen molar-refractivity contribution < 1.29 is 23.9 Å². The van der Waals surface area contributed by atoms with Crippen molar-refractivity contribution in [3.63, 3.8) is 0 Å². The summed E-state index contributed by atoms with van der Waals surface area (Å²) in [5.74, 6) is -0.904.